The number of nitrogens with zero attached hydrogens (tertiary/aromatic N) is 3. The zero-order chi connectivity index (χ0) is 9.26. The van der Waals surface area contributed by atoms with E-state index in [-0.39, 0.29) is 0 Å². The summed E-state index contributed by atoms with van der Waals surface area (Å²) in [5.41, 5.74) is -0.980. The third kappa shape index (κ3) is 1.26. The second-order valence-electron chi connectivity index (χ2n) is 2.31. The summed E-state index contributed by atoms with van der Waals surface area (Å²) in [5, 5.41) is 9.57. The summed E-state index contributed by atoms with van der Waals surface area (Å²) >= 11 is 0. The lowest BCUT2D eigenvalue weighted by Crippen LogP contribution is -2.27. The molecule has 2 N–H and O–H groups in total. The monoisotopic (exact) mass is 179 g/mol. The predicted octanol–water partition coefficient (Wildman–Crippen LogP) is -1.36. The second kappa shape index (κ2) is 2.70. The van der Waals surface area contributed by atoms with E-state index in [9.17, 15) is 9.59 Å². The Morgan fingerprint density at radius 1 is 1.38 bits per heavy atom. The van der Waals surface area contributed by atoms with Crippen molar-refractivity contribution in [2.24, 2.45) is 0 Å². The van der Waals surface area contributed by atoms with Crippen LogP contribution in [0.5, 0.6) is 0 Å². The SMILES string of the molecule is O=c1ccn(-c2cn[nH]n2)c(=O)[nH]1. The molecule has 0 amide bonds. The smallest absolute Gasteiger partial charge is 0.274 e. The molecule has 0 aliphatic carbocycles. The lowest BCUT2D eigenvalue weighted by atomic mass is 10.6. The van der Waals surface area contributed by atoms with Crippen molar-refractivity contribution in [2.75, 3.05) is 0 Å². The molecule has 0 fully saturated rings. The highest BCUT2D eigenvalue weighted by molar-refractivity contribution is 5.14. The quantitative estimate of drug-likeness (QED) is 0.565. The first kappa shape index (κ1) is 7.47. The van der Waals surface area contributed by atoms with E-state index in [1.54, 1.807) is 0 Å². The van der Waals surface area contributed by atoms with Crippen LogP contribution < -0.4 is 11.2 Å². The Morgan fingerprint density at radius 2 is 2.23 bits per heavy atom. The van der Waals surface area contributed by atoms with Gasteiger partial charge in [-0.05, 0) is 0 Å². The van der Waals surface area contributed by atoms with Crippen molar-refractivity contribution in [1.29, 1.82) is 0 Å². The lowest BCUT2D eigenvalue weighted by Gasteiger charge is -1.95. The third-order valence-corrected chi connectivity index (χ3v) is 1.47. The van der Waals surface area contributed by atoms with Crippen molar-refractivity contribution in [1.82, 2.24) is 25.0 Å². The molecule has 2 rings (SSSR count). The van der Waals surface area contributed by atoms with Crippen LogP contribution in [0.3, 0.4) is 0 Å². The van der Waals surface area contributed by atoms with Gasteiger partial charge in [-0.1, -0.05) is 0 Å². The standard InChI is InChI=1S/C6H5N5O2/c12-5-1-2-11(6(13)8-5)4-3-7-10-9-4/h1-3H,(H,7,9,10)(H,8,12,13). The lowest BCUT2D eigenvalue weighted by molar-refractivity contribution is 0.847. The van der Waals surface area contributed by atoms with Crippen LogP contribution in [0, 0.1) is 0 Å². The predicted molar refractivity (Wildman–Crippen MR) is 42.6 cm³/mol. The molecule has 0 saturated heterocycles. The fourth-order valence-corrected chi connectivity index (χ4v) is 0.909. The first-order chi connectivity index (χ1) is 6.27. The molecule has 0 aliphatic heterocycles. The Balaban J connectivity index is 2.67. The summed E-state index contributed by atoms with van der Waals surface area (Å²) in [6, 6.07) is 1.23. The molecule has 0 spiro atoms. The Bertz CT molecular complexity index is 508. The van der Waals surface area contributed by atoms with Crippen LogP contribution in [0.2, 0.25) is 0 Å². The Morgan fingerprint density at radius 3 is 2.85 bits per heavy atom. The van der Waals surface area contributed by atoms with Crippen LogP contribution in [0.4, 0.5) is 0 Å². The van der Waals surface area contributed by atoms with Crippen LogP contribution in [-0.2, 0) is 0 Å². The number of rotatable bonds is 1. The fraction of sp³-hybridized carbons (Fsp3) is 0. The molecule has 2 heterocycles. The van der Waals surface area contributed by atoms with Gasteiger partial charge in [-0.15, -0.1) is 5.10 Å². The topological polar surface area (TPSA) is 96.4 Å². The van der Waals surface area contributed by atoms with Gasteiger partial charge in [-0.25, -0.2) is 4.79 Å². The van der Waals surface area contributed by atoms with Crippen molar-refractivity contribution in [2.45, 2.75) is 0 Å². The van der Waals surface area contributed by atoms with Crippen LogP contribution in [0.1, 0.15) is 0 Å². The minimum absolute atomic E-state index is 0.334. The number of H-pyrrole nitrogens is 2. The molecule has 0 atom stereocenters. The molecule has 0 aliphatic rings. The zero-order valence-corrected chi connectivity index (χ0v) is 6.39. The molecular weight excluding hydrogens is 174 g/mol. The number of hydrogen-bond acceptors (Lipinski definition) is 4. The van der Waals surface area contributed by atoms with Gasteiger partial charge in [0.25, 0.3) is 5.56 Å². The van der Waals surface area contributed by atoms with Crippen LogP contribution in [0.25, 0.3) is 5.82 Å². The molecule has 2 aromatic heterocycles. The highest BCUT2D eigenvalue weighted by Crippen LogP contribution is 1.91. The van der Waals surface area contributed by atoms with Crippen molar-refractivity contribution in [3.63, 3.8) is 0 Å². The van der Waals surface area contributed by atoms with Crippen LogP contribution >= 0.6 is 0 Å². The molecular formula is C6H5N5O2. The number of hydrogen-bond donors (Lipinski definition) is 2. The number of aromatic amines is 2. The Kier molecular flexibility index (Phi) is 1.55. The van der Waals surface area contributed by atoms with E-state index < -0.39 is 11.2 Å². The molecule has 66 valence electrons. The van der Waals surface area contributed by atoms with Crippen LogP contribution in [0.15, 0.2) is 28.0 Å². The van der Waals surface area contributed by atoms with E-state index in [0.717, 1.165) is 0 Å². The molecule has 0 unspecified atom stereocenters. The molecule has 0 bridgehead atoms. The molecule has 13 heavy (non-hydrogen) atoms. The molecule has 7 nitrogen and oxygen atoms in total. The minimum Gasteiger partial charge on any atom is -0.274 e. The van der Waals surface area contributed by atoms with Gasteiger partial charge in [-0.2, -0.15) is 10.3 Å². The van der Waals surface area contributed by atoms with E-state index in [4.69, 9.17) is 0 Å². The van der Waals surface area contributed by atoms with E-state index in [1.807, 2.05) is 0 Å². The fourth-order valence-electron chi connectivity index (χ4n) is 0.909. The molecule has 7 heteroatoms. The van der Waals surface area contributed by atoms with E-state index in [0.29, 0.717) is 5.82 Å². The van der Waals surface area contributed by atoms with Crippen molar-refractivity contribution in [3.05, 3.63) is 39.3 Å². The molecule has 0 radical (unpaired) electrons. The van der Waals surface area contributed by atoms with Crippen molar-refractivity contribution < 1.29 is 0 Å². The first-order valence-corrected chi connectivity index (χ1v) is 3.45. The normalized spacial score (nSPS) is 10.2. The summed E-state index contributed by atoms with van der Waals surface area (Å²) in [6.07, 6.45) is 2.71. The maximum atomic E-state index is 11.2. The van der Waals surface area contributed by atoms with Gasteiger partial charge in [0, 0.05) is 12.3 Å². The molecule has 0 saturated carbocycles. The Hall–Kier alpha value is -2.18. The summed E-state index contributed by atoms with van der Waals surface area (Å²) in [5.74, 6) is 0.334. The van der Waals surface area contributed by atoms with E-state index in [2.05, 4.69) is 20.4 Å². The molecule has 0 aromatic carbocycles. The zero-order valence-electron chi connectivity index (χ0n) is 6.39. The average molecular weight is 179 g/mol. The van der Waals surface area contributed by atoms with Crippen LogP contribution in [-0.4, -0.2) is 25.0 Å². The first-order valence-electron chi connectivity index (χ1n) is 3.45. The minimum atomic E-state index is -0.540. The summed E-state index contributed by atoms with van der Waals surface area (Å²) < 4.78 is 1.17. The largest absolute Gasteiger partial charge is 0.334 e. The van der Waals surface area contributed by atoms with Crippen molar-refractivity contribution >= 4 is 0 Å². The third-order valence-electron chi connectivity index (χ3n) is 1.47. The van der Waals surface area contributed by atoms with Crippen molar-refractivity contribution in [3.8, 4) is 5.82 Å². The summed E-state index contributed by atoms with van der Waals surface area (Å²) in [6.45, 7) is 0. The molecule has 2 aromatic rings. The van der Waals surface area contributed by atoms with E-state index >= 15 is 0 Å². The summed E-state index contributed by atoms with van der Waals surface area (Å²) in [7, 11) is 0. The average Bonchev–Trinajstić information content (AvgIpc) is 2.56. The van der Waals surface area contributed by atoms with Gasteiger partial charge in [-0.3, -0.25) is 14.3 Å². The van der Waals surface area contributed by atoms with E-state index in [1.165, 1.54) is 23.0 Å². The summed E-state index contributed by atoms with van der Waals surface area (Å²) in [4.78, 5) is 24.0. The van der Waals surface area contributed by atoms with Gasteiger partial charge >= 0.3 is 5.69 Å². The van der Waals surface area contributed by atoms with Gasteiger partial charge in [0.2, 0.25) is 0 Å². The number of aromatic nitrogens is 5. The highest BCUT2D eigenvalue weighted by atomic mass is 16.2. The van der Waals surface area contributed by atoms with Gasteiger partial charge in [0.1, 0.15) is 0 Å². The maximum Gasteiger partial charge on any atom is 0.334 e. The maximum absolute atomic E-state index is 11.2. The Labute approximate surface area is 71.0 Å². The number of nitrogens with one attached hydrogen (secondary N) is 2. The van der Waals surface area contributed by atoms with Gasteiger partial charge in [0.15, 0.2) is 5.82 Å². The highest BCUT2D eigenvalue weighted by Gasteiger charge is 2.00. The van der Waals surface area contributed by atoms with Gasteiger partial charge < -0.3 is 0 Å². The second-order valence-corrected chi connectivity index (χ2v) is 2.31. The van der Waals surface area contributed by atoms with Gasteiger partial charge in [0.05, 0.1) is 6.20 Å².